The van der Waals surface area contributed by atoms with Gasteiger partial charge in [-0.3, -0.25) is 0 Å². The van der Waals surface area contributed by atoms with Crippen molar-refractivity contribution in [3.05, 3.63) is 29.6 Å². The van der Waals surface area contributed by atoms with Crippen molar-refractivity contribution in [3.63, 3.8) is 0 Å². The van der Waals surface area contributed by atoms with E-state index in [1.165, 1.54) is 0 Å². The molecule has 1 aromatic carbocycles. The van der Waals surface area contributed by atoms with E-state index in [-0.39, 0.29) is 11.9 Å². The monoisotopic (exact) mass is 296 g/mol. The summed E-state index contributed by atoms with van der Waals surface area (Å²) in [5.74, 6) is 0.344. The lowest BCUT2D eigenvalue weighted by Crippen LogP contribution is -2.36. The van der Waals surface area contributed by atoms with E-state index >= 15 is 0 Å². The minimum Gasteiger partial charge on any atom is -0.383 e. The van der Waals surface area contributed by atoms with Crippen molar-refractivity contribution in [1.29, 1.82) is 0 Å². The second kappa shape index (κ2) is 9.00. The van der Waals surface area contributed by atoms with E-state index in [0.717, 1.165) is 24.3 Å². The van der Waals surface area contributed by atoms with Gasteiger partial charge in [-0.1, -0.05) is 26.0 Å². The Morgan fingerprint density at radius 2 is 1.95 bits per heavy atom. The molecule has 0 heterocycles. The van der Waals surface area contributed by atoms with Crippen LogP contribution in [0.15, 0.2) is 18.2 Å². The maximum atomic E-state index is 14.4. The third-order valence-electron chi connectivity index (χ3n) is 3.34. The first-order valence-corrected chi connectivity index (χ1v) is 7.71. The summed E-state index contributed by atoms with van der Waals surface area (Å²) < 4.78 is 19.4. The highest BCUT2D eigenvalue weighted by Crippen LogP contribution is 2.27. The Balaban J connectivity index is 2.96. The van der Waals surface area contributed by atoms with Crippen molar-refractivity contribution in [2.45, 2.75) is 40.3 Å². The molecule has 0 bridgehead atoms. The van der Waals surface area contributed by atoms with Crippen molar-refractivity contribution >= 4 is 5.69 Å². The Labute approximate surface area is 128 Å². The van der Waals surface area contributed by atoms with Gasteiger partial charge in [-0.25, -0.2) is 4.39 Å². The van der Waals surface area contributed by atoms with Crippen LogP contribution in [0.3, 0.4) is 0 Å². The van der Waals surface area contributed by atoms with Gasteiger partial charge in [0.2, 0.25) is 0 Å². The molecule has 0 amide bonds. The summed E-state index contributed by atoms with van der Waals surface area (Å²) in [6.45, 7) is 11.5. The Bertz CT molecular complexity index is 421. The lowest BCUT2D eigenvalue weighted by atomic mass is 10.1. The third kappa shape index (κ3) is 5.64. The number of halogens is 1. The van der Waals surface area contributed by atoms with Gasteiger partial charge in [0.25, 0.3) is 0 Å². The maximum absolute atomic E-state index is 14.4. The van der Waals surface area contributed by atoms with Crippen LogP contribution in [0.2, 0.25) is 0 Å². The van der Waals surface area contributed by atoms with E-state index in [4.69, 9.17) is 4.74 Å². The number of hydrogen-bond acceptors (Lipinski definition) is 3. The van der Waals surface area contributed by atoms with Crippen LogP contribution in [0.25, 0.3) is 0 Å². The summed E-state index contributed by atoms with van der Waals surface area (Å²) in [6, 6.07) is 5.58. The smallest absolute Gasteiger partial charge is 0.146 e. The molecule has 0 saturated heterocycles. The van der Waals surface area contributed by atoms with Gasteiger partial charge in [0.1, 0.15) is 5.82 Å². The van der Waals surface area contributed by atoms with Crippen molar-refractivity contribution in [2.75, 3.05) is 31.7 Å². The topological polar surface area (TPSA) is 24.5 Å². The molecule has 0 unspecified atom stereocenters. The van der Waals surface area contributed by atoms with Gasteiger partial charge in [0.15, 0.2) is 0 Å². The van der Waals surface area contributed by atoms with Crippen LogP contribution in [0.5, 0.6) is 0 Å². The van der Waals surface area contributed by atoms with E-state index in [1.807, 2.05) is 6.07 Å². The van der Waals surface area contributed by atoms with E-state index < -0.39 is 0 Å². The Kier molecular flexibility index (Phi) is 7.68. The minimum atomic E-state index is -0.143. The second-order valence-electron chi connectivity index (χ2n) is 6.06. The molecule has 0 saturated carbocycles. The number of rotatable bonds is 9. The highest BCUT2D eigenvalue weighted by atomic mass is 19.1. The standard InChI is InChI=1S/C17H29FN2O/c1-13(2)12-20(14(3)4)17-15(7-6-8-16(17)18)11-19-9-10-21-5/h6-8,13-14,19H,9-12H2,1-5H3. The average Bonchev–Trinajstić information content (AvgIpc) is 2.41. The molecule has 1 N–H and O–H groups in total. The molecule has 3 nitrogen and oxygen atoms in total. The Morgan fingerprint density at radius 1 is 1.24 bits per heavy atom. The summed E-state index contributed by atoms with van der Waals surface area (Å²) in [6.07, 6.45) is 0. The SMILES string of the molecule is COCCNCc1cccc(F)c1N(CC(C)C)C(C)C. The van der Waals surface area contributed by atoms with Crippen LogP contribution in [0.1, 0.15) is 33.3 Å². The van der Waals surface area contributed by atoms with Crippen LogP contribution < -0.4 is 10.2 Å². The fourth-order valence-electron chi connectivity index (χ4n) is 2.38. The number of nitrogens with one attached hydrogen (secondary N) is 1. The van der Waals surface area contributed by atoms with E-state index in [0.29, 0.717) is 19.1 Å². The fourth-order valence-corrected chi connectivity index (χ4v) is 2.38. The molecule has 0 aromatic heterocycles. The van der Waals surface area contributed by atoms with Crippen LogP contribution in [-0.2, 0) is 11.3 Å². The lowest BCUT2D eigenvalue weighted by molar-refractivity contribution is 0.199. The van der Waals surface area contributed by atoms with E-state index in [9.17, 15) is 4.39 Å². The van der Waals surface area contributed by atoms with Gasteiger partial charge < -0.3 is 15.0 Å². The first-order valence-electron chi connectivity index (χ1n) is 7.71. The molecule has 0 atom stereocenters. The fraction of sp³-hybridized carbons (Fsp3) is 0.647. The third-order valence-corrected chi connectivity index (χ3v) is 3.34. The van der Waals surface area contributed by atoms with E-state index in [1.54, 1.807) is 19.2 Å². The van der Waals surface area contributed by atoms with Crippen LogP contribution in [0.4, 0.5) is 10.1 Å². The lowest BCUT2D eigenvalue weighted by Gasteiger charge is -2.33. The van der Waals surface area contributed by atoms with Crippen molar-refractivity contribution in [2.24, 2.45) is 5.92 Å². The second-order valence-corrected chi connectivity index (χ2v) is 6.06. The molecule has 0 fully saturated rings. The zero-order valence-electron chi connectivity index (χ0n) is 13.9. The number of nitrogens with zero attached hydrogens (tertiary/aromatic N) is 1. The number of hydrogen-bond donors (Lipinski definition) is 1. The molecule has 4 heteroatoms. The molecule has 1 aromatic rings. The number of benzene rings is 1. The molecular formula is C17H29FN2O. The first-order chi connectivity index (χ1) is 9.97. The highest BCUT2D eigenvalue weighted by molar-refractivity contribution is 5.55. The summed E-state index contributed by atoms with van der Waals surface area (Å²) in [5.41, 5.74) is 1.73. The summed E-state index contributed by atoms with van der Waals surface area (Å²) in [7, 11) is 1.68. The Hall–Kier alpha value is -1.13. The average molecular weight is 296 g/mol. The molecule has 0 aliphatic rings. The largest absolute Gasteiger partial charge is 0.383 e. The molecule has 0 radical (unpaired) electrons. The van der Waals surface area contributed by atoms with Gasteiger partial charge in [-0.2, -0.15) is 0 Å². The predicted molar refractivity (Wildman–Crippen MR) is 87.3 cm³/mol. The molecule has 0 spiro atoms. The van der Waals surface area contributed by atoms with Crippen LogP contribution >= 0.6 is 0 Å². The molecule has 0 aliphatic heterocycles. The van der Waals surface area contributed by atoms with Gasteiger partial charge >= 0.3 is 0 Å². The molecular weight excluding hydrogens is 267 g/mol. The van der Waals surface area contributed by atoms with E-state index in [2.05, 4.69) is 37.9 Å². The minimum absolute atomic E-state index is 0.143. The molecule has 1 rings (SSSR count). The van der Waals surface area contributed by atoms with Gasteiger partial charge in [-0.05, 0) is 31.4 Å². The summed E-state index contributed by atoms with van der Waals surface area (Å²) in [4.78, 5) is 2.16. The maximum Gasteiger partial charge on any atom is 0.146 e. The van der Waals surface area contributed by atoms with Gasteiger partial charge in [0.05, 0.1) is 12.3 Å². The van der Waals surface area contributed by atoms with Crippen LogP contribution in [-0.4, -0.2) is 32.8 Å². The zero-order valence-corrected chi connectivity index (χ0v) is 13.9. The zero-order chi connectivity index (χ0) is 15.8. The first kappa shape index (κ1) is 17.9. The predicted octanol–water partition coefficient (Wildman–Crippen LogP) is 3.43. The van der Waals surface area contributed by atoms with Crippen molar-refractivity contribution in [1.82, 2.24) is 5.32 Å². The molecule has 0 aliphatic carbocycles. The highest BCUT2D eigenvalue weighted by Gasteiger charge is 2.19. The summed E-state index contributed by atoms with van der Waals surface area (Å²) in [5, 5.41) is 3.30. The normalized spacial score (nSPS) is 11.4. The van der Waals surface area contributed by atoms with Gasteiger partial charge in [0, 0.05) is 32.8 Å². The molecule has 21 heavy (non-hydrogen) atoms. The number of para-hydroxylation sites is 1. The molecule has 120 valence electrons. The number of ether oxygens (including phenoxy) is 1. The van der Waals surface area contributed by atoms with Crippen molar-refractivity contribution in [3.8, 4) is 0 Å². The van der Waals surface area contributed by atoms with Crippen molar-refractivity contribution < 1.29 is 9.13 Å². The van der Waals surface area contributed by atoms with Crippen LogP contribution in [0, 0.1) is 11.7 Å². The quantitative estimate of drug-likeness (QED) is 0.707. The number of methoxy groups -OCH3 is 1. The number of anilines is 1. The summed E-state index contributed by atoms with van der Waals surface area (Å²) >= 11 is 0. The van der Waals surface area contributed by atoms with Gasteiger partial charge in [-0.15, -0.1) is 0 Å². The Morgan fingerprint density at radius 3 is 2.52 bits per heavy atom.